The molecule has 5 heteroatoms. The van der Waals surface area contributed by atoms with Crippen molar-refractivity contribution in [3.63, 3.8) is 0 Å². The van der Waals surface area contributed by atoms with Crippen LogP contribution in [-0.2, 0) is 9.84 Å². The van der Waals surface area contributed by atoms with Crippen LogP contribution in [0.3, 0.4) is 0 Å². The molecular formula is C15H18N2O2S. The van der Waals surface area contributed by atoms with Crippen molar-refractivity contribution >= 4 is 20.7 Å². The number of fused-ring (bicyclic) bond motifs is 1. The van der Waals surface area contributed by atoms with Gasteiger partial charge in [-0.05, 0) is 30.5 Å². The number of para-hydroxylation sites is 1. The zero-order valence-electron chi connectivity index (χ0n) is 11.2. The molecule has 2 heterocycles. The molecule has 1 aromatic heterocycles. The van der Waals surface area contributed by atoms with E-state index < -0.39 is 21.1 Å². The first-order chi connectivity index (χ1) is 9.58. The van der Waals surface area contributed by atoms with Gasteiger partial charge in [0.1, 0.15) is 0 Å². The Kier molecular flexibility index (Phi) is 3.48. The van der Waals surface area contributed by atoms with Gasteiger partial charge in [0.15, 0.2) is 9.84 Å². The SMILES string of the molecule is NC(c1cnc2ccccc2c1)C1CCCCS1(=O)=O. The van der Waals surface area contributed by atoms with Crippen molar-refractivity contribution < 1.29 is 8.42 Å². The number of pyridine rings is 1. The van der Waals surface area contributed by atoms with E-state index in [1.54, 1.807) is 6.20 Å². The molecule has 0 spiro atoms. The summed E-state index contributed by atoms with van der Waals surface area (Å²) in [6, 6.07) is 9.24. The first-order valence-electron chi connectivity index (χ1n) is 6.90. The van der Waals surface area contributed by atoms with E-state index in [9.17, 15) is 8.42 Å². The second-order valence-corrected chi connectivity index (χ2v) is 7.73. The molecule has 1 aromatic carbocycles. The van der Waals surface area contributed by atoms with E-state index in [4.69, 9.17) is 5.73 Å². The average Bonchev–Trinajstić information content (AvgIpc) is 2.45. The monoisotopic (exact) mass is 290 g/mol. The average molecular weight is 290 g/mol. The molecule has 1 aliphatic rings. The zero-order chi connectivity index (χ0) is 14.2. The fourth-order valence-electron chi connectivity index (χ4n) is 2.87. The second kappa shape index (κ2) is 5.14. The number of aromatic nitrogens is 1. The Morgan fingerprint density at radius 3 is 2.85 bits per heavy atom. The number of sulfone groups is 1. The van der Waals surface area contributed by atoms with Gasteiger partial charge in [-0.2, -0.15) is 0 Å². The van der Waals surface area contributed by atoms with E-state index in [-0.39, 0.29) is 5.75 Å². The Bertz CT molecular complexity index is 727. The fraction of sp³-hybridized carbons (Fsp3) is 0.400. The Morgan fingerprint density at radius 2 is 2.05 bits per heavy atom. The van der Waals surface area contributed by atoms with Crippen LogP contribution in [0.15, 0.2) is 36.5 Å². The highest BCUT2D eigenvalue weighted by atomic mass is 32.2. The van der Waals surface area contributed by atoms with Crippen molar-refractivity contribution in [2.75, 3.05) is 5.75 Å². The summed E-state index contributed by atoms with van der Waals surface area (Å²) in [6.45, 7) is 0. The number of benzene rings is 1. The van der Waals surface area contributed by atoms with E-state index in [1.807, 2.05) is 30.3 Å². The van der Waals surface area contributed by atoms with Crippen LogP contribution in [0.4, 0.5) is 0 Å². The first kappa shape index (κ1) is 13.5. The maximum atomic E-state index is 12.2. The van der Waals surface area contributed by atoms with E-state index in [0.29, 0.717) is 6.42 Å². The van der Waals surface area contributed by atoms with Crippen LogP contribution >= 0.6 is 0 Å². The Labute approximate surface area is 118 Å². The maximum Gasteiger partial charge on any atom is 0.155 e. The van der Waals surface area contributed by atoms with Crippen LogP contribution in [0.2, 0.25) is 0 Å². The standard InChI is InChI=1S/C15H18N2O2S/c16-15(14-7-3-4-8-20(14,18)19)12-9-11-5-1-2-6-13(11)17-10-12/h1-2,5-6,9-10,14-15H,3-4,7-8,16H2. The molecule has 0 radical (unpaired) electrons. The van der Waals surface area contributed by atoms with E-state index >= 15 is 0 Å². The number of nitrogens with zero attached hydrogens (tertiary/aromatic N) is 1. The molecule has 1 saturated heterocycles. The number of hydrogen-bond donors (Lipinski definition) is 1. The normalized spacial score (nSPS) is 23.6. The zero-order valence-corrected chi connectivity index (χ0v) is 12.0. The molecule has 0 amide bonds. The summed E-state index contributed by atoms with van der Waals surface area (Å²) in [5.41, 5.74) is 7.92. The quantitative estimate of drug-likeness (QED) is 0.920. The first-order valence-corrected chi connectivity index (χ1v) is 8.61. The van der Waals surface area contributed by atoms with Gasteiger partial charge >= 0.3 is 0 Å². The van der Waals surface area contributed by atoms with Gasteiger partial charge in [-0.1, -0.05) is 24.6 Å². The molecule has 4 nitrogen and oxygen atoms in total. The summed E-state index contributed by atoms with van der Waals surface area (Å²) >= 11 is 0. The highest BCUT2D eigenvalue weighted by Crippen LogP contribution is 2.29. The van der Waals surface area contributed by atoms with Crippen LogP contribution in [0.25, 0.3) is 10.9 Å². The van der Waals surface area contributed by atoms with Gasteiger partial charge in [0.05, 0.1) is 16.5 Å². The number of nitrogens with two attached hydrogens (primary N) is 1. The molecule has 3 rings (SSSR count). The van der Waals surface area contributed by atoms with Crippen LogP contribution in [0.5, 0.6) is 0 Å². The lowest BCUT2D eigenvalue weighted by molar-refractivity contribution is 0.504. The lowest BCUT2D eigenvalue weighted by atomic mass is 10.0. The van der Waals surface area contributed by atoms with Crippen molar-refractivity contribution in [2.24, 2.45) is 5.73 Å². The van der Waals surface area contributed by atoms with Crippen LogP contribution in [0, 0.1) is 0 Å². The van der Waals surface area contributed by atoms with Gasteiger partial charge in [0.2, 0.25) is 0 Å². The Balaban J connectivity index is 1.97. The Morgan fingerprint density at radius 1 is 1.25 bits per heavy atom. The molecule has 0 saturated carbocycles. The minimum atomic E-state index is -3.08. The molecule has 2 atom stereocenters. The van der Waals surface area contributed by atoms with Gasteiger partial charge in [0.25, 0.3) is 0 Å². The van der Waals surface area contributed by atoms with Crippen molar-refractivity contribution in [3.05, 3.63) is 42.1 Å². The third-order valence-electron chi connectivity index (χ3n) is 4.03. The summed E-state index contributed by atoms with van der Waals surface area (Å²) in [4.78, 5) is 4.37. The molecule has 20 heavy (non-hydrogen) atoms. The highest BCUT2D eigenvalue weighted by Gasteiger charge is 2.34. The summed E-state index contributed by atoms with van der Waals surface area (Å²) in [7, 11) is -3.08. The largest absolute Gasteiger partial charge is 0.323 e. The predicted octanol–water partition coefficient (Wildman–Crippen LogP) is 2.20. The summed E-state index contributed by atoms with van der Waals surface area (Å²) in [5.74, 6) is 0.256. The van der Waals surface area contributed by atoms with Crippen molar-refractivity contribution in [1.82, 2.24) is 4.98 Å². The lowest BCUT2D eigenvalue weighted by Gasteiger charge is -2.27. The molecule has 0 aliphatic carbocycles. The molecular weight excluding hydrogens is 272 g/mol. The Hall–Kier alpha value is -1.46. The van der Waals surface area contributed by atoms with Gasteiger partial charge in [-0.25, -0.2) is 8.42 Å². The molecule has 2 N–H and O–H groups in total. The lowest BCUT2D eigenvalue weighted by Crippen LogP contribution is -2.37. The number of hydrogen-bond acceptors (Lipinski definition) is 4. The minimum Gasteiger partial charge on any atom is -0.323 e. The van der Waals surface area contributed by atoms with E-state index in [0.717, 1.165) is 29.3 Å². The topological polar surface area (TPSA) is 73.0 Å². The molecule has 1 aliphatic heterocycles. The molecule has 2 aromatic rings. The summed E-state index contributed by atoms with van der Waals surface area (Å²) < 4.78 is 24.3. The molecule has 1 fully saturated rings. The third kappa shape index (κ3) is 2.43. The van der Waals surface area contributed by atoms with Gasteiger partial charge in [-0.3, -0.25) is 4.98 Å². The smallest absolute Gasteiger partial charge is 0.155 e. The fourth-order valence-corrected chi connectivity index (χ4v) is 4.91. The van der Waals surface area contributed by atoms with E-state index in [2.05, 4.69) is 4.98 Å². The molecule has 2 unspecified atom stereocenters. The van der Waals surface area contributed by atoms with Crippen molar-refractivity contribution in [1.29, 1.82) is 0 Å². The summed E-state index contributed by atoms with van der Waals surface area (Å²) in [5, 5.41) is 0.521. The second-order valence-electron chi connectivity index (χ2n) is 5.39. The van der Waals surface area contributed by atoms with Gasteiger partial charge < -0.3 is 5.73 Å². The van der Waals surface area contributed by atoms with Crippen LogP contribution in [0.1, 0.15) is 30.9 Å². The highest BCUT2D eigenvalue weighted by molar-refractivity contribution is 7.92. The minimum absolute atomic E-state index is 0.256. The third-order valence-corrected chi connectivity index (χ3v) is 6.34. The summed E-state index contributed by atoms with van der Waals surface area (Å²) in [6.07, 6.45) is 4.04. The molecule has 0 bridgehead atoms. The number of rotatable bonds is 2. The van der Waals surface area contributed by atoms with E-state index in [1.165, 1.54) is 0 Å². The van der Waals surface area contributed by atoms with Crippen molar-refractivity contribution in [2.45, 2.75) is 30.6 Å². The molecule has 106 valence electrons. The van der Waals surface area contributed by atoms with Gasteiger partial charge in [0, 0.05) is 17.6 Å². The maximum absolute atomic E-state index is 12.2. The predicted molar refractivity (Wildman–Crippen MR) is 80.1 cm³/mol. The van der Waals surface area contributed by atoms with Crippen LogP contribution in [-0.4, -0.2) is 24.4 Å². The van der Waals surface area contributed by atoms with Crippen molar-refractivity contribution in [3.8, 4) is 0 Å². The van der Waals surface area contributed by atoms with Gasteiger partial charge in [-0.15, -0.1) is 0 Å². The van der Waals surface area contributed by atoms with Crippen LogP contribution < -0.4 is 5.73 Å².